The molecule has 4 nitrogen and oxygen atoms in total. The molecule has 3 saturated carbocycles. The Balaban J connectivity index is 1.60. The molecule has 0 unspecified atom stereocenters. The normalized spacial score (nSPS) is 43.7. The number of carbonyl (C=O) groups excluding carboxylic acids is 1. The van der Waals surface area contributed by atoms with E-state index >= 15 is 0 Å². The van der Waals surface area contributed by atoms with Gasteiger partial charge in [0.2, 0.25) is 0 Å². The van der Waals surface area contributed by atoms with Gasteiger partial charge in [-0.15, -0.1) is 0 Å². The predicted molar refractivity (Wildman–Crippen MR) is 132 cm³/mol. The van der Waals surface area contributed by atoms with Gasteiger partial charge in [-0.3, -0.25) is 4.79 Å². The van der Waals surface area contributed by atoms with Gasteiger partial charge in [0.05, 0.1) is 11.7 Å². The molecule has 3 fully saturated rings. The van der Waals surface area contributed by atoms with Gasteiger partial charge in [-0.2, -0.15) is 0 Å². The molecule has 0 heterocycles. The molecule has 0 amide bonds. The molecule has 33 heavy (non-hydrogen) atoms. The van der Waals surface area contributed by atoms with Crippen molar-refractivity contribution in [2.45, 2.75) is 130 Å². The Morgan fingerprint density at radius 3 is 2.48 bits per heavy atom. The Kier molecular flexibility index (Phi) is 6.86. The van der Waals surface area contributed by atoms with Crippen molar-refractivity contribution >= 4 is 5.97 Å². The first-order valence-corrected chi connectivity index (χ1v) is 13.7. The molecule has 4 aliphatic rings. The number of esters is 1. The van der Waals surface area contributed by atoms with Crippen LogP contribution in [-0.2, 0) is 9.53 Å². The number of carbonyl (C=O) groups is 1. The summed E-state index contributed by atoms with van der Waals surface area (Å²) >= 11 is 0. The van der Waals surface area contributed by atoms with Crippen LogP contribution in [0, 0.1) is 34.5 Å². The molecule has 0 radical (unpaired) electrons. The van der Waals surface area contributed by atoms with Gasteiger partial charge in [-0.05, 0) is 91.6 Å². The minimum absolute atomic E-state index is 0.0103. The lowest BCUT2D eigenvalue weighted by Crippen LogP contribution is -2.60. The maximum absolute atomic E-state index is 12.3. The van der Waals surface area contributed by atoms with Crippen LogP contribution in [0.1, 0.15) is 112 Å². The average molecular weight is 461 g/mol. The van der Waals surface area contributed by atoms with Crippen molar-refractivity contribution < 1.29 is 19.7 Å². The van der Waals surface area contributed by atoms with Crippen LogP contribution in [0.5, 0.6) is 0 Å². The zero-order chi connectivity index (χ0) is 24.2. The van der Waals surface area contributed by atoms with Crippen LogP contribution in [0.2, 0.25) is 0 Å². The Morgan fingerprint density at radius 2 is 1.82 bits per heavy atom. The zero-order valence-corrected chi connectivity index (χ0v) is 22.0. The second-order valence-electron chi connectivity index (χ2n) is 13.0. The summed E-state index contributed by atoms with van der Waals surface area (Å²) < 4.78 is 5.57. The number of hydrogen-bond donors (Lipinski definition) is 2. The predicted octanol–water partition coefficient (Wildman–Crippen LogP) is 6.19. The lowest BCUT2D eigenvalue weighted by molar-refractivity contribution is -0.168. The maximum atomic E-state index is 12.3. The molecule has 0 saturated heterocycles. The summed E-state index contributed by atoms with van der Waals surface area (Å²) in [5.41, 5.74) is 1.37. The third kappa shape index (κ3) is 4.11. The summed E-state index contributed by atoms with van der Waals surface area (Å²) in [5.74, 6) is 2.00. The number of aliphatic hydroxyl groups excluding tert-OH is 1. The van der Waals surface area contributed by atoms with Gasteiger partial charge in [-0.25, -0.2) is 0 Å². The summed E-state index contributed by atoms with van der Waals surface area (Å²) in [5, 5.41) is 23.7. The standard InChI is InChI=1S/C29H48O4/c1-18(2)8-7-9-19(3)24-17-25(31)26-23-11-10-21-16-22(33-20(4)30)12-13-28(21,6)29(23,32)15-14-27(24,26)5/h18-19,21-22,24-25,31-32H,7-17H2,1-6H3/t19-,21+,22+,24-,25-,27-,28+,29-/m1/s1. The fourth-order valence-corrected chi connectivity index (χ4v) is 8.76. The molecule has 2 N–H and O–H groups in total. The molecule has 0 spiro atoms. The highest BCUT2D eigenvalue weighted by Crippen LogP contribution is 2.67. The van der Waals surface area contributed by atoms with Gasteiger partial charge in [0.15, 0.2) is 0 Å². The van der Waals surface area contributed by atoms with E-state index in [0.717, 1.165) is 57.3 Å². The molecule has 0 bridgehead atoms. The summed E-state index contributed by atoms with van der Waals surface area (Å²) in [4.78, 5) is 11.5. The van der Waals surface area contributed by atoms with E-state index in [4.69, 9.17) is 4.74 Å². The molecule has 0 aliphatic heterocycles. The van der Waals surface area contributed by atoms with Crippen molar-refractivity contribution in [3.05, 3.63) is 11.1 Å². The summed E-state index contributed by atoms with van der Waals surface area (Å²) in [6.45, 7) is 13.2. The Morgan fingerprint density at radius 1 is 1.09 bits per heavy atom. The number of rotatable bonds is 6. The number of ether oxygens (including phenoxy) is 1. The van der Waals surface area contributed by atoms with E-state index < -0.39 is 11.7 Å². The van der Waals surface area contributed by atoms with E-state index in [9.17, 15) is 15.0 Å². The minimum atomic E-state index is -0.831. The van der Waals surface area contributed by atoms with E-state index in [-0.39, 0.29) is 22.9 Å². The first-order valence-electron chi connectivity index (χ1n) is 13.7. The van der Waals surface area contributed by atoms with E-state index in [1.54, 1.807) is 0 Å². The maximum Gasteiger partial charge on any atom is 0.302 e. The molecule has 4 aliphatic carbocycles. The summed E-state index contributed by atoms with van der Waals surface area (Å²) in [6, 6.07) is 0. The van der Waals surface area contributed by atoms with Crippen LogP contribution >= 0.6 is 0 Å². The van der Waals surface area contributed by atoms with Gasteiger partial charge in [0, 0.05) is 12.3 Å². The van der Waals surface area contributed by atoms with E-state index in [2.05, 4.69) is 34.6 Å². The van der Waals surface area contributed by atoms with Gasteiger partial charge >= 0.3 is 5.97 Å². The smallest absolute Gasteiger partial charge is 0.302 e. The third-order valence-corrected chi connectivity index (χ3v) is 10.7. The minimum Gasteiger partial charge on any atom is -0.463 e. The van der Waals surface area contributed by atoms with Crippen LogP contribution in [0.25, 0.3) is 0 Å². The van der Waals surface area contributed by atoms with Crippen molar-refractivity contribution in [1.82, 2.24) is 0 Å². The van der Waals surface area contributed by atoms with Crippen LogP contribution in [0.3, 0.4) is 0 Å². The van der Waals surface area contributed by atoms with Gasteiger partial charge in [0.1, 0.15) is 6.10 Å². The molecule has 4 rings (SSSR count). The molecule has 0 aromatic carbocycles. The molecular formula is C29H48O4. The van der Waals surface area contributed by atoms with Crippen LogP contribution in [0.15, 0.2) is 11.1 Å². The monoisotopic (exact) mass is 460 g/mol. The van der Waals surface area contributed by atoms with Crippen LogP contribution in [0.4, 0.5) is 0 Å². The highest BCUT2D eigenvalue weighted by atomic mass is 16.5. The third-order valence-electron chi connectivity index (χ3n) is 10.7. The fourth-order valence-electron chi connectivity index (χ4n) is 8.76. The van der Waals surface area contributed by atoms with Gasteiger partial charge in [0.25, 0.3) is 0 Å². The molecular weight excluding hydrogens is 412 g/mol. The average Bonchev–Trinajstić information content (AvgIpc) is 2.99. The number of aliphatic hydroxyl groups is 2. The van der Waals surface area contributed by atoms with E-state index in [1.165, 1.54) is 37.3 Å². The molecule has 4 heteroatoms. The quantitative estimate of drug-likeness (QED) is 0.366. The van der Waals surface area contributed by atoms with E-state index in [1.807, 2.05) is 0 Å². The Labute approximate surface area is 201 Å². The molecule has 8 atom stereocenters. The number of hydrogen-bond acceptors (Lipinski definition) is 4. The van der Waals surface area contributed by atoms with Crippen molar-refractivity contribution in [3.8, 4) is 0 Å². The highest BCUT2D eigenvalue weighted by Gasteiger charge is 2.64. The summed E-state index contributed by atoms with van der Waals surface area (Å²) in [6.07, 6.45) is 10.4. The Hall–Kier alpha value is -0.870. The van der Waals surface area contributed by atoms with Gasteiger partial charge < -0.3 is 14.9 Å². The van der Waals surface area contributed by atoms with Gasteiger partial charge in [-0.1, -0.05) is 53.9 Å². The second-order valence-corrected chi connectivity index (χ2v) is 13.0. The fraction of sp³-hybridized carbons (Fsp3) is 0.897. The van der Waals surface area contributed by atoms with Crippen LogP contribution in [-0.4, -0.2) is 34.0 Å². The van der Waals surface area contributed by atoms with Crippen molar-refractivity contribution in [2.24, 2.45) is 34.5 Å². The second kappa shape index (κ2) is 8.97. The van der Waals surface area contributed by atoms with Crippen LogP contribution < -0.4 is 0 Å². The molecule has 0 aromatic rings. The van der Waals surface area contributed by atoms with Crippen molar-refractivity contribution in [3.63, 3.8) is 0 Å². The van der Waals surface area contributed by atoms with Crippen molar-refractivity contribution in [1.29, 1.82) is 0 Å². The Bertz CT molecular complexity index is 786. The molecule has 188 valence electrons. The first kappa shape index (κ1) is 25.2. The lowest BCUT2D eigenvalue weighted by atomic mass is 9.46. The van der Waals surface area contributed by atoms with E-state index in [0.29, 0.717) is 17.8 Å². The zero-order valence-electron chi connectivity index (χ0n) is 22.0. The topological polar surface area (TPSA) is 66.8 Å². The molecule has 0 aromatic heterocycles. The first-order chi connectivity index (χ1) is 15.4. The highest BCUT2D eigenvalue weighted by molar-refractivity contribution is 5.66. The summed E-state index contributed by atoms with van der Waals surface area (Å²) in [7, 11) is 0. The SMILES string of the molecule is CC(=O)O[C@H]1CC[C@@]2(C)[C@@H](CCC3=C4[C@H](O)C[C@H]([C@H](C)CCCC(C)C)[C@@]4(C)CC[C@@]32O)C1. The lowest BCUT2D eigenvalue weighted by Gasteiger charge is -2.61. The largest absolute Gasteiger partial charge is 0.463 e. The van der Waals surface area contributed by atoms with Crippen molar-refractivity contribution in [2.75, 3.05) is 0 Å². The number of fused-ring (bicyclic) bond motifs is 4.